The predicted molar refractivity (Wildman–Crippen MR) is 500 cm³/mol. The average molecular weight is 2290 g/mol. The summed E-state index contributed by atoms with van der Waals surface area (Å²) in [4.78, 5) is 9.20. The van der Waals surface area contributed by atoms with E-state index in [2.05, 4.69) is 43.7 Å². The van der Waals surface area contributed by atoms with Crippen molar-refractivity contribution in [3.05, 3.63) is 119 Å². The van der Waals surface area contributed by atoms with Gasteiger partial charge in [-0.1, -0.05) is 185 Å². The van der Waals surface area contributed by atoms with Gasteiger partial charge in [-0.25, -0.2) is 38.7 Å². The normalized spacial score (nSPS) is 23.6. The molecule has 4 aromatic carbocycles. The van der Waals surface area contributed by atoms with Crippen molar-refractivity contribution in [2.24, 2.45) is 58.2 Å². The summed E-state index contributed by atoms with van der Waals surface area (Å²) < 4.78 is 469. The molecule has 830 valence electrons. The summed E-state index contributed by atoms with van der Waals surface area (Å²) in [6.45, 7) is 5.19. The lowest BCUT2D eigenvalue weighted by atomic mass is 9.49. The van der Waals surface area contributed by atoms with Crippen LogP contribution in [-0.4, -0.2) is 180 Å². The number of fused-ring (bicyclic) bond motifs is 2. The van der Waals surface area contributed by atoms with E-state index in [1.165, 1.54) is 153 Å². The number of ether oxygens (including phenoxy) is 2. The molecule has 0 radical (unpaired) electrons. The van der Waals surface area contributed by atoms with Gasteiger partial charge in [-0.05, 0) is 234 Å². The zero-order chi connectivity index (χ0) is 109. The topological polar surface area (TPSA) is 432 Å². The molecule has 12 aliphatic rings. The number of halogens is 18. The second-order valence-corrected chi connectivity index (χ2v) is 51.3. The molecular formula is C92H122F18N2O25S9. The van der Waals surface area contributed by atoms with Gasteiger partial charge in [-0.2, -0.15) is 99.1 Å². The molecule has 12 fully saturated rings. The molecule has 27 nitrogen and oxygen atoms in total. The van der Waals surface area contributed by atoms with Crippen LogP contribution in [0.3, 0.4) is 0 Å². The molecule has 146 heavy (non-hydrogen) atoms. The molecule has 4 N–H and O–H groups in total. The van der Waals surface area contributed by atoms with E-state index in [1.54, 1.807) is 34.9 Å². The first kappa shape index (κ1) is 125. The molecule has 1 aromatic heterocycles. The molecule has 54 heteroatoms. The molecule has 0 spiro atoms. The fourth-order valence-corrected chi connectivity index (χ4v) is 28.2. The zero-order valence-corrected chi connectivity index (χ0v) is 87.2. The number of aromatic nitrogens is 1. The minimum atomic E-state index is -7.05. The molecule has 2 unspecified atom stereocenters. The number of hydrogen-bond donors (Lipinski definition) is 4. The van der Waals surface area contributed by atoms with Crippen LogP contribution in [0.25, 0.3) is 10.9 Å². The van der Waals surface area contributed by atoms with Crippen LogP contribution in [0, 0.1) is 81.4 Å². The second-order valence-electron chi connectivity index (χ2n) is 39.8. The number of alkyl halides is 14. The van der Waals surface area contributed by atoms with E-state index in [4.69, 9.17) is 43.6 Å². The molecule has 11 saturated carbocycles. The lowest BCUT2D eigenvalue weighted by Gasteiger charge is -2.56. The van der Waals surface area contributed by atoms with E-state index in [0.29, 0.717) is 86.8 Å². The number of piperidine rings is 1. The second kappa shape index (κ2) is 51.5. The Kier molecular flexibility index (Phi) is 44.0. The fraction of sp³-hybridized carbons (Fsp3) is 0.707. The molecule has 5 aromatic rings. The van der Waals surface area contributed by atoms with Crippen LogP contribution in [0.1, 0.15) is 293 Å². The Morgan fingerprint density at radius 1 is 0.493 bits per heavy atom. The van der Waals surface area contributed by atoms with E-state index in [1.807, 2.05) is 0 Å². The van der Waals surface area contributed by atoms with E-state index in [9.17, 15) is 139 Å². The lowest BCUT2D eigenvalue weighted by molar-refractivity contribution is -0.245. The minimum Gasteiger partial charge on any atom is -0.492 e. The van der Waals surface area contributed by atoms with Crippen LogP contribution in [-0.2, 0) is 91.3 Å². The standard InChI is InChI=1S/C21H32.C18H26F4O3S2.C17H22O4S.C13H18F2O5S.C12H17F6NO2S.C11H7F6NO5S2.2O3S/c1-16(2)19-13-20(17-9-5-3-6-10-17)15-21(14-19)18-11-7-4-8-12-18;1-2-3-4-5-6-7-8-9-10-11-12-26-17-13(19)15(21)18(27(23,24)25)16(22)14(17)20;18-22(19,20)16-4-2-1-3-15(16)21-11-17-8-12-5-13(9-17)7-14(6-12)10-17;14-13(15,21(17,18)19)7-20-11(16)12-4-8-1-9(5-12)3-10(2-8)6-12;13-10(14)11(15,16)12(17,18)22(20,21)19-6-5-8-3-1-2-4-9(8)7-19;12-9(13,11(16,17)25(21,22)23)10(14,15)24(19,20)18-6-5-7-3-1-2-4-8(7)18;2*1-4(2)3/h13-18H,3-12H2,1-2H3;2-12H2,1H3,(H,23,24,25);1-4,12-14H,5-11H2,(H,18,19,20);8-10H,1-7H2,(H,17,18,19);8-10H,1-7H2;1-6H,(H,21,22,23);;. The van der Waals surface area contributed by atoms with Gasteiger partial charge < -0.3 is 9.47 Å². The first-order chi connectivity index (χ1) is 67.6. The number of hydrogen-bond acceptors (Lipinski definition) is 22. The molecular weight excluding hydrogens is 2160 g/mol. The number of unbranched alkanes of at least 4 members (excludes halogenated alkanes) is 9. The van der Waals surface area contributed by atoms with Crippen LogP contribution >= 0.6 is 11.8 Å². The van der Waals surface area contributed by atoms with Crippen molar-refractivity contribution in [1.82, 2.24) is 8.28 Å². The van der Waals surface area contributed by atoms with E-state index in [0.717, 1.165) is 112 Å². The summed E-state index contributed by atoms with van der Waals surface area (Å²) in [5.41, 5.74) is 3.89. The van der Waals surface area contributed by atoms with Gasteiger partial charge in [0.25, 0.3) is 20.1 Å². The lowest BCUT2D eigenvalue weighted by Crippen LogP contribution is -2.61. The number of benzene rings is 4. The monoisotopic (exact) mass is 2280 g/mol. The van der Waals surface area contributed by atoms with E-state index < -0.39 is 178 Å². The molecule has 2 heterocycles. The summed E-state index contributed by atoms with van der Waals surface area (Å²) in [6.07, 6.45) is 37.4. The molecule has 8 bridgehead atoms. The largest absolute Gasteiger partial charge is 0.492 e. The van der Waals surface area contributed by atoms with Crippen LogP contribution < -0.4 is 4.74 Å². The number of nitrogens with zero attached hydrogens (tertiary/aromatic N) is 2. The Bertz CT molecular complexity index is 6070. The Labute approximate surface area is 845 Å². The van der Waals surface area contributed by atoms with Crippen LogP contribution in [0.2, 0.25) is 0 Å². The highest BCUT2D eigenvalue weighted by atomic mass is 32.2. The predicted octanol–water partition coefficient (Wildman–Crippen LogP) is 23.0. The van der Waals surface area contributed by atoms with E-state index in [-0.39, 0.29) is 60.4 Å². The molecule has 1 aliphatic heterocycles. The van der Waals surface area contributed by atoms with Gasteiger partial charge in [0.1, 0.15) is 10.6 Å². The highest BCUT2D eigenvalue weighted by molar-refractivity contribution is 7.99. The number of para-hydroxylation sites is 2. The molecule has 1 saturated heterocycles. The van der Waals surface area contributed by atoms with Gasteiger partial charge in [0.2, 0.25) is 0 Å². The number of rotatable bonds is 33. The quantitative estimate of drug-likeness (QED) is 0.00757. The van der Waals surface area contributed by atoms with Crippen molar-refractivity contribution in [2.75, 3.05) is 32.1 Å². The minimum absolute atomic E-state index is 0.00623. The Morgan fingerprint density at radius 3 is 1.35 bits per heavy atom. The van der Waals surface area contributed by atoms with Crippen molar-refractivity contribution >= 4 is 110 Å². The Balaban J connectivity index is 0.000000211. The summed E-state index contributed by atoms with van der Waals surface area (Å²) in [5.74, 6) is -14.7. The summed E-state index contributed by atoms with van der Waals surface area (Å²) >= 11 is 0.592. The highest BCUT2D eigenvalue weighted by Crippen LogP contribution is 2.63. The highest BCUT2D eigenvalue weighted by Gasteiger charge is 2.83. The third kappa shape index (κ3) is 31.2. The number of carbonyl (C=O) groups is 1. The summed E-state index contributed by atoms with van der Waals surface area (Å²) in [7, 11) is -40.9. The van der Waals surface area contributed by atoms with Gasteiger partial charge in [0.05, 0.1) is 22.4 Å². The third-order valence-electron chi connectivity index (χ3n) is 28.8. The molecule has 0 amide bonds. The van der Waals surface area contributed by atoms with Crippen molar-refractivity contribution < 1.29 is 187 Å². The van der Waals surface area contributed by atoms with Gasteiger partial charge in [0.15, 0.2) is 34.8 Å². The first-order valence-electron chi connectivity index (χ1n) is 47.9. The Morgan fingerprint density at radius 2 is 0.918 bits per heavy atom. The van der Waals surface area contributed by atoms with Crippen molar-refractivity contribution in [2.45, 2.75) is 330 Å². The van der Waals surface area contributed by atoms with Crippen molar-refractivity contribution in [3.8, 4) is 5.75 Å². The van der Waals surface area contributed by atoms with Crippen LogP contribution in [0.15, 0.2) is 93.7 Å². The number of thioether (sulfide) groups is 1. The fourth-order valence-electron chi connectivity index (χ4n) is 22.4. The SMILES string of the molecule is CC(C)c1cc(C2CCCCC2)cc(C2CCCCC2)c1.CCCCCCCCCCCCSc1c(F)c(F)c(S(=O)(=O)O)c(F)c1F.O=C(OCC(F)(F)S(=O)(=O)O)C12CC3CC(CC(C3)C1)C2.O=S(=O)(N1CCC2CCCCC2C1)C(F)(F)C(F)(F)C(F)F.O=S(=O)(O)C(F)(F)C(F)(F)C(F)(F)S(=O)(=O)n1ccc2ccccc21.O=S(=O)(O)c1ccccc1OCC12CC3CC(CC(C3)C1)C2.O=S(=O)=O.O=S(=O)=O. The maximum absolute atomic E-state index is 13.9. The third-order valence-corrected chi connectivity index (χ3v) is 37.2. The van der Waals surface area contributed by atoms with Gasteiger partial charge in [-0.15, -0.1) is 37.0 Å². The van der Waals surface area contributed by atoms with Crippen molar-refractivity contribution in [3.63, 3.8) is 0 Å². The molecule has 17 rings (SSSR count). The first-order valence-corrected chi connectivity index (χ1v) is 59.5. The zero-order valence-electron chi connectivity index (χ0n) is 79.9. The van der Waals surface area contributed by atoms with Gasteiger partial charge in [-0.3, -0.25) is 23.0 Å². The summed E-state index contributed by atoms with van der Waals surface area (Å²) in [6, 6.07) is 19.6. The number of carbonyl (C=O) groups excluding carboxylic acids is 1. The molecule has 2 atom stereocenters. The smallest absolute Gasteiger partial charge is 0.439 e. The van der Waals surface area contributed by atoms with E-state index >= 15 is 0 Å². The Hall–Kier alpha value is -6.48. The van der Waals surface area contributed by atoms with Crippen LogP contribution in [0.4, 0.5) is 79.0 Å². The summed E-state index contributed by atoms with van der Waals surface area (Å²) in [5, 5.41) is -23.6. The maximum Gasteiger partial charge on any atom is 0.439 e. The van der Waals surface area contributed by atoms with Crippen molar-refractivity contribution in [1.29, 1.82) is 0 Å². The van der Waals surface area contributed by atoms with Gasteiger partial charge in [0, 0.05) is 30.1 Å². The maximum atomic E-state index is 13.9. The average Bonchev–Trinajstić information content (AvgIpc) is 1.29. The number of sulfonamides is 1. The molecule has 11 aliphatic carbocycles. The number of esters is 1. The van der Waals surface area contributed by atoms with Crippen LogP contribution in [0.5, 0.6) is 5.75 Å². The van der Waals surface area contributed by atoms with Gasteiger partial charge >= 0.3 is 107 Å².